The van der Waals surface area contributed by atoms with Crippen molar-refractivity contribution >= 4 is 33.1 Å². The topological polar surface area (TPSA) is 86.9 Å². The van der Waals surface area contributed by atoms with Gasteiger partial charge in [0.2, 0.25) is 0 Å². The first-order chi connectivity index (χ1) is 11.0. The van der Waals surface area contributed by atoms with Crippen molar-refractivity contribution in [3.05, 3.63) is 57.2 Å². The van der Waals surface area contributed by atoms with Gasteiger partial charge in [-0.3, -0.25) is 9.20 Å². The highest BCUT2D eigenvalue weighted by Gasteiger charge is 2.18. The first-order valence-corrected chi connectivity index (χ1v) is 6.53. The number of aromatic nitrogens is 2. The van der Waals surface area contributed by atoms with E-state index in [2.05, 4.69) is 10.2 Å². The minimum absolute atomic E-state index is 0.0226. The number of hydrogen-bond acceptors (Lipinski definition) is 4. The summed E-state index contributed by atoms with van der Waals surface area (Å²) in [6.45, 7) is 0. The number of benzene rings is 2. The normalized spacial score (nSPS) is 11.6. The Labute approximate surface area is 125 Å². The summed E-state index contributed by atoms with van der Waals surface area (Å²) >= 11 is 0. The van der Waals surface area contributed by atoms with Crippen LogP contribution >= 0.6 is 0 Å². The second kappa shape index (κ2) is 4.35. The Hall–Kier alpha value is -3.29. The molecular weight excluding hydrogens is 308 g/mol. The molecule has 8 heteroatoms. The van der Waals surface area contributed by atoms with Crippen molar-refractivity contribution < 1.29 is 13.9 Å². The van der Waals surface area contributed by atoms with Crippen molar-refractivity contribution in [1.82, 2.24) is 9.38 Å². The van der Waals surface area contributed by atoms with E-state index >= 15 is 0 Å². The SMILES string of the molecule is O=Nc1ccc2c(c1)c(O)c1[nH]c3cc(F)cc(F)c3c(=O)n12. The van der Waals surface area contributed by atoms with Crippen LogP contribution in [0.15, 0.2) is 40.3 Å². The molecule has 0 saturated carbocycles. The molecule has 0 amide bonds. The summed E-state index contributed by atoms with van der Waals surface area (Å²) in [7, 11) is 0. The summed E-state index contributed by atoms with van der Waals surface area (Å²) in [6.07, 6.45) is 0. The van der Waals surface area contributed by atoms with Crippen LogP contribution in [0, 0.1) is 16.5 Å². The van der Waals surface area contributed by atoms with Crippen LogP contribution in [0.4, 0.5) is 14.5 Å². The Morgan fingerprint density at radius 1 is 1.17 bits per heavy atom. The Kier molecular flexibility index (Phi) is 2.53. The van der Waals surface area contributed by atoms with Crippen molar-refractivity contribution in [3.8, 4) is 5.75 Å². The lowest BCUT2D eigenvalue weighted by Gasteiger charge is -2.03. The standard InChI is InChI=1S/C15H7F2N3O3/c16-6-3-9(17)12-10(4-6)18-14-13(21)8-5-7(19-23)1-2-11(8)20(14)15(12)22/h1-5,18,21H. The molecule has 23 heavy (non-hydrogen) atoms. The second-order valence-corrected chi connectivity index (χ2v) is 5.07. The smallest absolute Gasteiger partial charge is 0.269 e. The fraction of sp³-hybridized carbons (Fsp3) is 0. The molecule has 0 fully saturated rings. The molecule has 0 bridgehead atoms. The Bertz CT molecular complexity index is 1190. The lowest BCUT2D eigenvalue weighted by atomic mass is 10.2. The van der Waals surface area contributed by atoms with Crippen molar-refractivity contribution in [2.45, 2.75) is 0 Å². The summed E-state index contributed by atoms with van der Waals surface area (Å²) < 4.78 is 28.4. The van der Waals surface area contributed by atoms with Crippen LogP contribution in [0.5, 0.6) is 5.75 Å². The number of halogens is 2. The zero-order valence-corrected chi connectivity index (χ0v) is 11.3. The fourth-order valence-corrected chi connectivity index (χ4v) is 2.77. The number of nitrogens with one attached hydrogen (secondary N) is 1. The molecule has 2 aromatic heterocycles. The highest BCUT2D eigenvalue weighted by Crippen LogP contribution is 2.34. The Morgan fingerprint density at radius 3 is 2.70 bits per heavy atom. The first kappa shape index (κ1) is 13.4. The number of H-pyrrole nitrogens is 1. The Morgan fingerprint density at radius 2 is 1.96 bits per heavy atom. The van der Waals surface area contributed by atoms with Gasteiger partial charge in [-0.1, -0.05) is 0 Å². The van der Waals surface area contributed by atoms with E-state index in [1.807, 2.05) is 0 Å². The van der Waals surface area contributed by atoms with E-state index in [1.54, 1.807) is 0 Å². The van der Waals surface area contributed by atoms with E-state index in [4.69, 9.17) is 0 Å². The molecule has 0 aliphatic heterocycles. The first-order valence-electron chi connectivity index (χ1n) is 6.53. The molecule has 2 heterocycles. The maximum Gasteiger partial charge on any atom is 0.269 e. The number of nitroso groups, excluding NO2 is 1. The molecule has 0 spiro atoms. The summed E-state index contributed by atoms with van der Waals surface area (Å²) in [5.41, 5.74) is -0.504. The largest absolute Gasteiger partial charge is 0.504 e. The van der Waals surface area contributed by atoms with Gasteiger partial charge in [0.25, 0.3) is 5.56 Å². The molecule has 2 N–H and O–H groups in total. The molecule has 0 saturated heterocycles. The minimum Gasteiger partial charge on any atom is -0.504 e. The predicted octanol–water partition coefficient (Wildman–Crippen LogP) is 3.32. The molecule has 4 rings (SSSR count). The molecular formula is C15H7F2N3O3. The van der Waals surface area contributed by atoms with Gasteiger partial charge in [-0.15, -0.1) is 4.91 Å². The number of aromatic amines is 1. The number of rotatable bonds is 1. The number of fused-ring (bicyclic) bond motifs is 4. The van der Waals surface area contributed by atoms with Gasteiger partial charge in [-0.2, -0.15) is 0 Å². The Balaban J connectivity index is 2.32. The second-order valence-electron chi connectivity index (χ2n) is 5.07. The monoisotopic (exact) mass is 315 g/mol. The number of nitrogens with zero attached hydrogens (tertiary/aromatic N) is 2. The van der Waals surface area contributed by atoms with Crippen molar-refractivity contribution in [2.75, 3.05) is 0 Å². The van der Waals surface area contributed by atoms with E-state index in [1.165, 1.54) is 18.2 Å². The van der Waals surface area contributed by atoms with Crippen LogP contribution in [0.1, 0.15) is 0 Å². The van der Waals surface area contributed by atoms with Crippen molar-refractivity contribution in [3.63, 3.8) is 0 Å². The number of hydrogen-bond donors (Lipinski definition) is 2. The third-order valence-electron chi connectivity index (χ3n) is 3.75. The van der Waals surface area contributed by atoms with E-state index in [9.17, 15) is 23.6 Å². The van der Waals surface area contributed by atoms with Gasteiger partial charge in [-0.25, -0.2) is 8.78 Å². The van der Waals surface area contributed by atoms with Crippen molar-refractivity contribution in [1.29, 1.82) is 0 Å². The molecule has 4 aromatic rings. The van der Waals surface area contributed by atoms with E-state index in [-0.39, 0.29) is 38.9 Å². The molecule has 0 aliphatic rings. The molecule has 0 aliphatic carbocycles. The minimum atomic E-state index is -1.00. The average Bonchev–Trinajstić information content (AvgIpc) is 2.79. The van der Waals surface area contributed by atoms with Crippen molar-refractivity contribution in [2.24, 2.45) is 5.18 Å². The van der Waals surface area contributed by atoms with E-state index in [0.29, 0.717) is 6.07 Å². The summed E-state index contributed by atoms with van der Waals surface area (Å²) in [5.74, 6) is -2.16. The van der Waals surface area contributed by atoms with E-state index < -0.39 is 17.2 Å². The van der Waals surface area contributed by atoms with Gasteiger partial charge in [0, 0.05) is 11.5 Å². The molecule has 114 valence electrons. The van der Waals surface area contributed by atoms with Crippen LogP contribution in [0.2, 0.25) is 0 Å². The highest BCUT2D eigenvalue weighted by atomic mass is 19.1. The predicted molar refractivity (Wildman–Crippen MR) is 80.1 cm³/mol. The third-order valence-corrected chi connectivity index (χ3v) is 3.75. The molecule has 6 nitrogen and oxygen atoms in total. The summed E-state index contributed by atoms with van der Waals surface area (Å²) in [4.78, 5) is 25.9. The molecule has 2 aromatic carbocycles. The van der Waals surface area contributed by atoms with Gasteiger partial charge in [-0.05, 0) is 29.4 Å². The van der Waals surface area contributed by atoms with Crippen LogP contribution in [0.25, 0.3) is 27.5 Å². The highest BCUT2D eigenvalue weighted by molar-refractivity contribution is 5.97. The van der Waals surface area contributed by atoms with Crippen LogP contribution in [0.3, 0.4) is 0 Å². The van der Waals surface area contributed by atoms with E-state index in [0.717, 1.165) is 10.5 Å². The zero-order chi connectivity index (χ0) is 16.3. The lowest BCUT2D eigenvalue weighted by molar-refractivity contribution is 0.486. The fourth-order valence-electron chi connectivity index (χ4n) is 2.77. The van der Waals surface area contributed by atoms with Crippen LogP contribution in [-0.2, 0) is 0 Å². The molecule has 0 radical (unpaired) electrons. The van der Waals surface area contributed by atoms with Crippen LogP contribution < -0.4 is 5.56 Å². The summed E-state index contributed by atoms with van der Waals surface area (Å²) in [5, 5.41) is 12.9. The lowest BCUT2D eigenvalue weighted by Crippen LogP contribution is -2.15. The molecule has 0 unspecified atom stereocenters. The maximum absolute atomic E-state index is 14.0. The van der Waals surface area contributed by atoms with Gasteiger partial charge in [0.1, 0.15) is 17.3 Å². The quantitative estimate of drug-likeness (QED) is 0.528. The zero-order valence-electron chi connectivity index (χ0n) is 11.3. The van der Waals surface area contributed by atoms with Gasteiger partial charge in [0.05, 0.1) is 16.4 Å². The molecule has 0 atom stereocenters. The third kappa shape index (κ3) is 1.68. The van der Waals surface area contributed by atoms with Gasteiger partial charge >= 0.3 is 0 Å². The number of aromatic hydroxyl groups is 1. The maximum atomic E-state index is 14.0. The van der Waals surface area contributed by atoms with Gasteiger partial charge in [0.15, 0.2) is 11.4 Å². The van der Waals surface area contributed by atoms with Crippen LogP contribution in [-0.4, -0.2) is 14.5 Å². The summed E-state index contributed by atoms with van der Waals surface area (Å²) in [6, 6.07) is 5.67. The van der Waals surface area contributed by atoms with Gasteiger partial charge < -0.3 is 10.1 Å². The average molecular weight is 315 g/mol.